The fourth-order valence-corrected chi connectivity index (χ4v) is 5.74. The molecular weight excluding hydrogens is 458 g/mol. The Hall–Kier alpha value is -3.39. The van der Waals surface area contributed by atoms with Crippen molar-refractivity contribution in [1.82, 2.24) is 19.7 Å². The summed E-state index contributed by atoms with van der Waals surface area (Å²) in [5, 5.41) is 5.39. The number of aromatic nitrogens is 3. The minimum Gasteiger partial charge on any atom is -0.495 e. The first kappa shape index (κ1) is 23.4. The fraction of sp³-hybridized carbons (Fsp3) is 0.370. The predicted molar refractivity (Wildman–Crippen MR) is 142 cm³/mol. The summed E-state index contributed by atoms with van der Waals surface area (Å²) in [5.41, 5.74) is 4.42. The first-order chi connectivity index (χ1) is 16.9. The molecule has 8 heteroatoms. The molecule has 0 N–H and O–H groups in total. The third kappa shape index (κ3) is 4.27. The number of fused-ring (bicyclic) bond motifs is 1. The molecule has 0 aliphatic carbocycles. The van der Waals surface area contributed by atoms with Crippen LogP contribution in [0.1, 0.15) is 40.0 Å². The van der Waals surface area contributed by atoms with Crippen LogP contribution >= 0.6 is 11.3 Å². The van der Waals surface area contributed by atoms with Crippen LogP contribution in [0, 0.1) is 13.8 Å². The summed E-state index contributed by atoms with van der Waals surface area (Å²) in [6.45, 7) is 11.2. The van der Waals surface area contributed by atoms with Crippen molar-refractivity contribution in [2.45, 2.75) is 33.7 Å². The number of benzene rings is 1. The van der Waals surface area contributed by atoms with E-state index >= 15 is 0 Å². The van der Waals surface area contributed by atoms with Crippen molar-refractivity contribution < 1.29 is 9.53 Å². The van der Waals surface area contributed by atoms with Gasteiger partial charge in [0, 0.05) is 47.5 Å². The van der Waals surface area contributed by atoms with Crippen LogP contribution in [0.25, 0.3) is 22.3 Å². The third-order valence-corrected chi connectivity index (χ3v) is 7.56. The van der Waals surface area contributed by atoms with Crippen molar-refractivity contribution in [1.29, 1.82) is 0 Å². The van der Waals surface area contributed by atoms with Crippen molar-refractivity contribution in [3.8, 4) is 17.0 Å². The van der Waals surface area contributed by atoms with E-state index in [4.69, 9.17) is 9.72 Å². The lowest BCUT2D eigenvalue weighted by Crippen LogP contribution is -2.49. The molecular formula is C27H31N5O2S. The largest absolute Gasteiger partial charge is 0.495 e. The SMILES string of the molecule is COc1ccccc1N1CCN(C(=O)c2cc(-c3cc(C)sc3C)nc3c2cnn3C(C)C)CC1. The van der Waals surface area contributed by atoms with Gasteiger partial charge in [-0.1, -0.05) is 12.1 Å². The summed E-state index contributed by atoms with van der Waals surface area (Å²) < 4.78 is 7.45. The number of nitrogens with zero attached hydrogens (tertiary/aromatic N) is 5. The van der Waals surface area contributed by atoms with E-state index in [2.05, 4.69) is 49.8 Å². The fourth-order valence-electron chi connectivity index (χ4n) is 4.81. The maximum atomic E-state index is 13.9. The van der Waals surface area contributed by atoms with Gasteiger partial charge < -0.3 is 14.5 Å². The molecule has 0 saturated carbocycles. The maximum absolute atomic E-state index is 13.9. The quantitative estimate of drug-likeness (QED) is 0.379. The molecule has 1 aliphatic rings. The van der Waals surface area contributed by atoms with E-state index in [0.717, 1.165) is 46.8 Å². The number of aryl methyl sites for hydroxylation is 2. The van der Waals surface area contributed by atoms with Crippen molar-refractivity contribution in [3.05, 3.63) is 57.9 Å². The van der Waals surface area contributed by atoms with Crippen molar-refractivity contribution in [3.63, 3.8) is 0 Å². The summed E-state index contributed by atoms with van der Waals surface area (Å²) in [7, 11) is 1.69. The Morgan fingerprint density at radius 3 is 2.49 bits per heavy atom. The second-order valence-electron chi connectivity index (χ2n) is 9.25. The summed E-state index contributed by atoms with van der Waals surface area (Å²) in [4.78, 5) is 25.5. The molecule has 5 rings (SSSR count). The summed E-state index contributed by atoms with van der Waals surface area (Å²) in [6, 6.07) is 12.3. The van der Waals surface area contributed by atoms with Gasteiger partial charge in [-0.2, -0.15) is 5.10 Å². The Bertz CT molecular complexity index is 1380. The zero-order valence-electron chi connectivity index (χ0n) is 20.9. The van der Waals surface area contributed by atoms with Crippen LogP contribution in [-0.2, 0) is 0 Å². The van der Waals surface area contributed by atoms with Crippen LogP contribution in [0.5, 0.6) is 5.75 Å². The molecule has 7 nitrogen and oxygen atoms in total. The maximum Gasteiger partial charge on any atom is 0.254 e. The van der Waals surface area contributed by atoms with Gasteiger partial charge >= 0.3 is 0 Å². The molecule has 4 aromatic rings. The highest BCUT2D eigenvalue weighted by Gasteiger charge is 2.27. The Kier molecular flexibility index (Phi) is 6.23. The van der Waals surface area contributed by atoms with Crippen LogP contribution < -0.4 is 9.64 Å². The molecule has 0 unspecified atom stereocenters. The van der Waals surface area contributed by atoms with Gasteiger partial charge in [-0.3, -0.25) is 4.79 Å². The smallest absolute Gasteiger partial charge is 0.254 e. The number of hydrogen-bond acceptors (Lipinski definition) is 6. The van der Waals surface area contributed by atoms with Gasteiger partial charge in [-0.05, 0) is 52.0 Å². The average Bonchev–Trinajstić information content (AvgIpc) is 3.45. The monoisotopic (exact) mass is 489 g/mol. The molecule has 1 amide bonds. The molecule has 0 bridgehead atoms. The minimum absolute atomic E-state index is 0.0336. The second kappa shape index (κ2) is 9.34. The van der Waals surface area contributed by atoms with E-state index in [9.17, 15) is 4.79 Å². The van der Waals surface area contributed by atoms with E-state index < -0.39 is 0 Å². The van der Waals surface area contributed by atoms with Gasteiger partial charge in [0.15, 0.2) is 5.65 Å². The van der Waals surface area contributed by atoms with Crippen molar-refractivity contribution in [2.24, 2.45) is 0 Å². The molecule has 3 aromatic heterocycles. The van der Waals surface area contributed by atoms with Crippen LogP contribution in [0.4, 0.5) is 5.69 Å². The van der Waals surface area contributed by atoms with Crippen molar-refractivity contribution >= 4 is 34.0 Å². The molecule has 0 radical (unpaired) electrons. The highest BCUT2D eigenvalue weighted by atomic mass is 32.1. The number of hydrogen-bond donors (Lipinski definition) is 0. The molecule has 182 valence electrons. The number of rotatable bonds is 5. The summed E-state index contributed by atoms with van der Waals surface area (Å²) in [6.07, 6.45) is 1.79. The predicted octanol–water partition coefficient (Wildman–Crippen LogP) is 5.33. The van der Waals surface area contributed by atoms with Crippen LogP contribution in [0.15, 0.2) is 42.6 Å². The Morgan fingerprint density at radius 2 is 1.83 bits per heavy atom. The van der Waals surface area contributed by atoms with Crippen molar-refractivity contribution in [2.75, 3.05) is 38.2 Å². The number of methoxy groups -OCH3 is 1. The van der Waals surface area contributed by atoms with Gasteiger partial charge in [0.1, 0.15) is 5.75 Å². The zero-order chi connectivity index (χ0) is 24.7. The number of carbonyl (C=O) groups excluding carboxylic acids is 1. The van der Waals surface area contributed by atoms with Gasteiger partial charge in [0.05, 0.1) is 35.6 Å². The third-order valence-electron chi connectivity index (χ3n) is 6.60. The molecule has 35 heavy (non-hydrogen) atoms. The van der Waals surface area contributed by atoms with Gasteiger partial charge in [0.25, 0.3) is 5.91 Å². The number of amides is 1. The first-order valence-electron chi connectivity index (χ1n) is 12.0. The lowest BCUT2D eigenvalue weighted by Gasteiger charge is -2.36. The van der Waals surface area contributed by atoms with Gasteiger partial charge in [-0.25, -0.2) is 9.67 Å². The standard InChI is InChI=1S/C27H31N5O2S/c1-17(2)32-26-22(16-28-32)21(15-23(29-26)20-14-18(3)35-19(20)4)27(33)31-12-10-30(11-13-31)24-8-6-7-9-25(24)34-5/h6-9,14-17H,10-13H2,1-5H3. The Labute approximate surface area is 209 Å². The molecule has 0 atom stereocenters. The molecule has 1 saturated heterocycles. The first-order valence-corrected chi connectivity index (χ1v) is 12.8. The number of thiophene rings is 1. The van der Waals surface area contributed by atoms with Gasteiger partial charge in [-0.15, -0.1) is 11.3 Å². The molecule has 1 aromatic carbocycles. The normalized spacial score (nSPS) is 14.2. The molecule has 1 aliphatic heterocycles. The molecule has 0 spiro atoms. The zero-order valence-corrected chi connectivity index (χ0v) is 21.7. The van der Waals surface area contributed by atoms with Gasteiger partial charge in [0.2, 0.25) is 0 Å². The van der Waals surface area contributed by atoms with Crippen LogP contribution in [0.2, 0.25) is 0 Å². The summed E-state index contributed by atoms with van der Waals surface area (Å²) >= 11 is 1.75. The van der Waals surface area contributed by atoms with E-state index in [1.54, 1.807) is 24.6 Å². The number of anilines is 1. The Morgan fingerprint density at radius 1 is 1.09 bits per heavy atom. The van der Waals surface area contributed by atoms with E-state index in [1.807, 2.05) is 33.8 Å². The van der Waals surface area contributed by atoms with E-state index in [1.165, 1.54) is 9.75 Å². The molecule has 4 heterocycles. The number of para-hydroxylation sites is 2. The van der Waals surface area contributed by atoms with Crippen LogP contribution in [0.3, 0.4) is 0 Å². The van der Waals surface area contributed by atoms with E-state index in [0.29, 0.717) is 18.7 Å². The lowest BCUT2D eigenvalue weighted by molar-refractivity contribution is 0.0748. The lowest BCUT2D eigenvalue weighted by atomic mass is 10.1. The number of ether oxygens (including phenoxy) is 1. The minimum atomic E-state index is 0.0336. The number of pyridine rings is 1. The highest BCUT2D eigenvalue weighted by molar-refractivity contribution is 7.12. The average molecular weight is 490 g/mol. The highest BCUT2D eigenvalue weighted by Crippen LogP contribution is 2.33. The molecule has 1 fully saturated rings. The Balaban J connectivity index is 1.48. The van der Waals surface area contributed by atoms with E-state index in [-0.39, 0.29) is 11.9 Å². The second-order valence-corrected chi connectivity index (χ2v) is 10.7. The topological polar surface area (TPSA) is 63.5 Å². The number of piperazine rings is 1. The van der Waals surface area contributed by atoms with Crippen LogP contribution in [-0.4, -0.2) is 58.9 Å². The summed E-state index contributed by atoms with van der Waals surface area (Å²) in [5.74, 6) is 0.890. The number of carbonyl (C=O) groups is 1.